The van der Waals surface area contributed by atoms with E-state index in [9.17, 15) is 5.26 Å². The van der Waals surface area contributed by atoms with E-state index in [0.717, 1.165) is 48.1 Å². The molecule has 1 aliphatic rings. The predicted octanol–water partition coefficient (Wildman–Crippen LogP) is 2.38. The van der Waals surface area contributed by atoms with Crippen LogP contribution in [0, 0.1) is 11.3 Å². The Morgan fingerprint density at radius 2 is 1.89 bits per heavy atom. The van der Waals surface area contributed by atoms with E-state index in [1.54, 1.807) is 4.90 Å². The maximum atomic E-state index is 9.93. The molecule has 146 valence electrons. The second-order valence-corrected chi connectivity index (χ2v) is 7.81. The highest BCUT2D eigenvalue weighted by Gasteiger charge is 2.28. The van der Waals surface area contributed by atoms with Crippen molar-refractivity contribution in [2.75, 3.05) is 31.5 Å². The summed E-state index contributed by atoms with van der Waals surface area (Å²) in [6, 6.07) is 10.8. The Morgan fingerprint density at radius 3 is 2.64 bits per heavy atom. The van der Waals surface area contributed by atoms with Gasteiger partial charge in [0.05, 0.1) is 26.2 Å². The maximum Gasteiger partial charge on any atom is 0.250 e. The van der Waals surface area contributed by atoms with Gasteiger partial charge in [-0.1, -0.05) is 12.1 Å². The molecule has 5 nitrogen and oxygen atoms in total. The summed E-state index contributed by atoms with van der Waals surface area (Å²) in [6.07, 6.45) is 5.57. The van der Waals surface area contributed by atoms with Gasteiger partial charge in [0.2, 0.25) is 11.5 Å². The van der Waals surface area contributed by atoms with Crippen LogP contribution in [0.15, 0.2) is 24.3 Å². The molecule has 3 N–H and O–H groups in total. The summed E-state index contributed by atoms with van der Waals surface area (Å²) in [5.41, 5.74) is 6.57. The number of para-hydroxylation sites is 2. The van der Waals surface area contributed by atoms with Gasteiger partial charge in [-0.05, 0) is 57.2 Å². The molecule has 4 rings (SSSR count). The first-order valence-electron chi connectivity index (χ1n) is 10.8. The Balaban J connectivity index is 1.78. The number of fused-ring (bicyclic) bond motifs is 4. The lowest BCUT2D eigenvalue weighted by Gasteiger charge is -2.20. The molecule has 1 aliphatic carbocycles. The van der Waals surface area contributed by atoms with Gasteiger partial charge in [0.1, 0.15) is 22.7 Å². The molecule has 0 atom stereocenters. The normalized spacial score (nSPS) is 13.8. The molecule has 5 heteroatoms. The summed E-state index contributed by atoms with van der Waals surface area (Å²) in [4.78, 5) is 5.16. The number of benzene rings is 1. The fraction of sp³-hybridized carbons (Fsp3) is 0.478. The van der Waals surface area contributed by atoms with Crippen LogP contribution in [-0.4, -0.2) is 31.2 Å². The Labute approximate surface area is 167 Å². The van der Waals surface area contributed by atoms with Gasteiger partial charge in [0, 0.05) is 12.0 Å². The van der Waals surface area contributed by atoms with Crippen molar-refractivity contribution in [1.82, 2.24) is 4.98 Å². The number of aromatic amines is 1. The monoisotopic (exact) mass is 377 g/mol. The summed E-state index contributed by atoms with van der Waals surface area (Å²) in [7, 11) is 0. The molecule has 1 aromatic carbocycles. The van der Waals surface area contributed by atoms with Crippen LogP contribution in [-0.2, 0) is 12.8 Å². The number of aromatic nitrogens is 2. The number of pyridine rings is 1. The number of hydrogen-bond acceptors (Lipinski definition) is 2. The van der Waals surface area contributed by atoms with Crippen molar-refractivity contribution in [2.45, 2.75) is 46.0 Å². The average molecular weight is 378 g/mol. The number of nitrogens with one attached hydrogen (secondary N) is 3. The van der Waals surface area contributed by atoms with Gasteiger partial charge < -0.3 is 10.2 Å². The summed E-state index contributed by atoms with van der Waals surface area (Å²) in [5.74, 6) is 1.19. The molecule has 0 aliphatic heterocycles. The van der Waals surface area contributed by atoms with Gasteiger partial charge in [-0.2, -0.15) is 9.66 Å². The summed E-state index contributed by atoms with van der Waals surface area (Å²) in [6.45, 7) is 9.04. The zero-order valence-corrected chi connectivity index (χ0v) is 17.1. The maximum absolute atomic E-state index is 9.93. The van der Waals surface area contributed by atoms with E-state index in [1.807, 2.05) is 6.07 Å². The van der Waals surface area contributed by atoms with Crippen LogP contribution in [0.3, 0.4) is 0 Å². The molecule has 28 heavy (non-hydrogen) atoms. The SMILES string of the molecule is CC[NH+](CC)CCCNc1c2c(c(C#N)c3[nH]c4ccccc4[n+]13)CCCC2. The van der Waals surface area contributed by atoms with Crippen LogP contribution in [0.2, 0.25) is 0 Å². The minimum atomic E-state index is 0.823. The average Bonchev–Trinajstić information content (AvgIpc) is 3.12. The molecule has 3 aromatic rings. The van der Waals surface area contributed by atoms with E-state index in [0.29, 0.717) is 0 Å². The zero-order chi connectivity index (χ0) is 19.5. The molecule has 2 aromatic heterocycles. The molecule has 0 spiro atoms. The molecular formula is C23H31N5+2. The molecule has 2 heterocycles. The second-order valence-electron chi connectivity index (χ2n) is 7.81. The lowest BCUT2D eigenvalue weighted by molar-refractivity contribution is -0.896. The molecular weight excluding hydrogens is 346 g/mol. The molecule has 0 unspecified atom stereocenters. The quantitative estimate of drug-likeness (QED) is 0.437. The Bertz CT molecular complexity index is 1020. The first kappa shape index (κ1) is 18.8. The second kappa shape index (κ2) is 8.20. The van der Waals surface area contributed by atoms with Crippen molar-refractivity contribution < 1.29 is 9.30 Å². The van der Waals surface area contributed by atoms with Gasteiger partial charge in [0.25, 0.3) is 0 Å². The van der Waals surface area contributed by atoms with Gasteiger partial charge >= 0.3 is 0 Å². The van der Waals surface area contributed by atoms with E-state index in [-0.39, 0.29) is 0 Å². The van der Waals surface area contributed by atoms with Crippen LogP contribution in [0.5, 0.6) is 0 Å². The van der Waals surface area contributed by atoms with Crippen LogP contribution in [0.4, 0.5) is 5.82 Å². The largest absolute Gasteiger partial charge is 0.335 e. The predicted molar refractivity (Wildman–Crippen MR) is 113 cm³/mol. The molecule has 0 saturated carbocycles. The third kappa shape index (κ3) is 3.22. The Hall–Kier alpha value is -2.58. The van der Waals surface area contributed by atoms with Crippen LogP contribution >= 0.6 is 0 Å². The minimum Gasteiger partial charge on any atom is -0.335 e. The fourth-order valence-electron chi connectivity index (χ4n) is 4.66. The zero-order valence-electron chi connectivity index (χ0n) is 17.1. The number of nitrogens with zero attached hydrogens (tertiary/aromatic N) is 2. The number of quaternary nitrogens is 1. The number of imidazole rings is 1. The van der Waals surface area contributed by atoms with Crippen molar-refractivity contribution in [3.63, 3.8) is 0 Å². The standard InChI is InChI=1S/C23H29N5/c1-3-27(4-2)15-9-14-25-22-18-11-6-5-10-17(18)19(16-24)23-26-20-12-7-8-13-21(20)28(22)23/h7-8,12-13H,3-6,9-11,14-15H2,1-2H3,(H,25,26)/p+2. The topological polar surface area (TPSA) is 60.1 Å². The summed E-state index contributed by atoms with van der Waals surface area (Å²) < 4.78 is 2.25. The number of anilines is 1. The highest BCUT2D eigenvalue weighted by Crippen LogP contribution is 2.31. The van der Waals surface area contributed by atoms with Gasteiger partial charge in [-0.25, -0.2) is 0 Å². The van der Waals surface area contributed by atoms with Crippen molar-refractivity contribution in [3.8, 4) is 6.07 Å². The van der Waals surface area contributed by atoms with Crippen molar-refractivity contribution in [1.29, 1.82) is 5.26 Å². The van der Waals surface area contributed by atoms with Crippen LogP contribution < -0.4 is 14.6 Å². The van der Waals surface area contributed by atoms with E-state index in [2.05, 4.69) is 52.8 Å². The lowest BCUT2D eigenvalue weighted by Crippen LogP contribution is -3.11. The highest BCUT2D eigenvalue weighted by atomic mass is 15.1. The first-order chi connectivity index (χ1) is 13.8. The third-order valence-electron chi connectivity index (χ3n) is 6.25. The molecule has 0 radical (unpaired) electrons. The number of rotatable bonds is 7. The number of hydrogen-bond donors (Lipinski definition) is 3. The summed E-state index contributed by atoms with van der Waals surface area (Å²) >= 11 is 0. The molecule has 0 saturated heterocycles. The van der Waals surface area contributed by atoms with E-state index in [4.69, 9.17) is 0 Å². The smallest absolute Gasteiger partial charge is 0.250 e. The van der Waals surface area contributed by atoms with Crippen molar-refractivity contribution in [3.05, 3.63) is 41.0 Å². The van der Waals surface area contributed by atoms with Gasteiger partial charge in [-0.15, -0.1) is 0 Å². The third-order valence-corrected chi connectivity index (χ3v) is 6.25. The first-order valence-corrected chi connectivity index (χ1v) is 10.8. The van der Waals surface area contributed by atoms with Crippen LogP contribution in [0.1, 0.15) is 49.8 Å². The van der Waals surface area contributed by atoms with Gasteiger partial charge in [0.15, 0.2) is 0 Å². The van der Waals surface area contributed by atoms with Gasteiger partial charge in [-0.3, -0.25) is 4.98 Å². The number of nitriles is 1. The van der Waals surface area contributed by atoms with Crippen molar-refractivity contribution in [2.24, 2.45) is 0 Å². The van der Waals surface area contributed by atoms with E-state index < -0.39 is 0 Å². The van der Waals surface area contributed by atoms with E-state index in [1.165, 1.54) is 49.4 Å². The minimum absolute atomic E-state index is 0.823. The molecule has 0 fully saturated rings. The Kier molecular flexibility index (Phi) is 5.50. The molecule has 0 amide bonds. The van der Waals surface area contributed by atoms with Crippen molar-refractivity contribution >= 4 is 22.5 Å². The lowest BCUT2D eigenvalue weighted by atomic mass is 9.89. The number of H-pyrrole nitrogens is 1. The van der Waals surface area contributed by atoms with E-state index >= 15 is 0 Å². The Morgan fingerprint density at radius 1 is 1.14 bits per heavy atom. The fourth-order valence-corrected chi connectivity index (χ4v) is 4.66. The summed E-state index contributed by atoms with van der Waals surface area (Å²) in [5, 5.41) is 13.7. The van der Waals surface area contributed by atoms with Crippen LogP contribution in [0.25, 0.3) is 16.7 Å². The molecule has 0 bridgehead atoms. The highest BCUT2D eigenvalue weighted by molar-refractivity contribution is 5.78.